The van der Waals surface area contributed by atoms with E-state index in [1.54, 1.807) is 0 Å². The Morgan fingerprint density at radius 1 is 1.18 bits per heavy atom. The normalized spacial score (nSPS) is 27.5. The van der Waals surface area contributed by atoms with Crippen LogP contribution in [-0.4, -0.2) is 34.0 Å². The molecule has 1 amide bonds. The van der Waals surface area contributed by atoms with Crippen LogP contribution in [-0.2, 0) is 4.79 Å². The third kappa shape index (κ3) is 2.46. The summed E-state index contributed by atoms with van der Waals surface area (Å²) in [4.78, 5) is 25.4. The van der Waals surface area contributed by atoms with E-state index in [9.17, 15) is 23.5 Å². The molecule has 1 saturated heterocycles. The number of carbonyl (C=O) groups is 2. The minimum absolute atomic E-state index is 0.155. The average Bonchev–Trinajstić information content (AvgIpc) is 2.86. The fraction of sp³-hybridized carbons (Fsp3) is 0.500. The van der Waals surface area contributed by atoms with Crippen LogP contribution in [0.3, 0.4) is 0 Å². The maximum atomic E-state index is 13.9. The summed E-state index contributed by atoms with van der Waals surface area (Å²) in [7, 11) is 0. The van der Waals surface area contributed by atoms with Gasteiger partial charge in [0.05, 0.1) is 5.56 Å². The molecule has 1 aliphatic heterocycles. The Hall–Kier alpha value is -1.98. The van der Waals surface area contributed by atoms with Gasteiger partial charge in [0.2, 0.25) is 0 Å². The highest BCUT2D eigenvalue weighted by molar-refractivity contribution is 5.97. The molecule has 1 saturated carbocycles. The van der Waals surface area contributed by atoms with E-state index in [1.165, 1.54) is 4.90 Å². The molecule has 2 fully saturated rings. The van der Waals surface area contributed by atoms with Crippen LogP contribution < -0.4 is 0 Å². The number of aliphatic carboxylic acids is 1. The number of halogens is 2. The highest BCUT2D eigenvalue weighted by Gasteiger charge is 2.48. The van der Waals surface area contributed by atoms with Gasteiger partial charge in [0, 0.05) is 12.1 Å². The number of hydrogen-bond donors (Lipinski definition) is 1. The van der Waals surface area contributed by atoms with Crippen molar-refractivity contribution in [3.63, 3.8) is 0 Å². The first kappa shape index (κ1) is 14.9. The van der Waals surface area contributed by atoms with E-state index in [0.717, 1.165) is 37.8 Å². The Balaban J connectivity index is 1.95. The summed E-state index contributed by atoms with van der Waals surface area (Å²) < 4.78 is 26.9. The number of likely N-dealkylation sites (tertiary alicyclic amines) is 1. The van der Waals surface area contributed by atoms with Gasteiger partial charge in [-0.05, 0) is 37.3 Å². The van der Waals surface area contributed by atoms with Gasteiger partial charge in [-0.2, -0.15) is 0 Å². The van der Waals surface area contributed by atoms with Crippen molar-refractivity contribution in [1.82, 2.24) is 4.90 Å². The molecule has 0 radical (unpaired) electrons. The maximum Gasteiger partial charge on any atom is 0.326 e. The van der Waals surface area contributed by atoms with Gasteiger partial charge in [-0.3, -0.25) is 4.79 Å². The van der Waals surface area contributed by atoms with Crippen LogP contribution >= 0.6 is 0 Å². The SMILES string of the molecule is O=C(O)[C@H]1C[C@H]2CCCC[C@@H]2N1C(=O)c1ccc(F)cc1F. The highest BCUT2D eigenvalue weighted by atomic mass is 19.1. The molecule has 1 N–H and O–H groups in total. The van der Waals surface area contributed by atoms with Crippen LogP contribution in [0.25, 0.3) is 0 Å². The average molecular weight is 309 g/mol. The van der Waals surface area contributed by atoms with E-state index in [1.807, 2.05) is 0 Å². The van der Waals surface area contributed by atoms with Crippen molar-refractivity contribution in [3.8, 4) is 0 Å². The van der Waals surface area contributed by atoms with Crippen LogP contribution in [0, 0.1) is 17.6 Å². The molecule has 1 aromatic rings. The number of benzene rings is 1. The number of amides is 1. The topological polar surface area (TPSA) is 57.6 Å². The second kappa shape index (κ2) is 5.66. The van der Waals surface area contributed by atoms with Crippen molar-refractivity contribution in [3.05, 3.63) is 35.4 Å². The lowest BCUT2D eigenvalue weighted by atomic mass is 9.84. The molecule has 0 unspecified atom stereocenters. The lowest BCUT2D eigenvalue weighted by Gasteiger charge is -2.33. The summed E-state index contributed by atoms with van der Waals surface area (Å²) in [5.41, 5.74) is -0.265. The van der Waals surface area contributed by atoms with Crippen LogP contribution in [0.15, 0.2) is 18.2 Å². The Labute approximate surface area is 126 Å². The molecule has 3 atom stereocenters. The smallest absolute Gasteiger partial charge is 0.326 e. The predicted octanol–water partition coefficient (Wildman–Crippen LogP) is 2.82. The van der Waals surface area contributed by atoms with Gasteiger partial charge in [-0.15, -0.1) is 0 Å². The zero-order valence-electron chi connectivity index (χ0n) is 12.0. The van der Waals surface area contributed by atoms with E-state index < -0.39 is 29.6 Å². The van der Waals surface area contributed by atoms with Crippen molar-refractivity contribution in [2.75, 3.05) is 0 Å². The molecule has 1 aliphatic carbocycles. The minimum Gasteiger partial charge on any atom is -0.480 e. The quantitative estimate of drug-likeness (QED) is 0.914. The van der Waals surface area contributed by atoms with E-state index >= 15 is 0 Å². The molecule has 118 valence electrons. The maximum absolute atomic E-state index is 13.9. The van der Waals surface area contributed by atoms with E-state index in [2.05, 4.69) is 0 Å². The molecule has 4 nitrogen and oxygen atoms in total. The summed E-state index contributed by atoms with van der Waals surface area (Å²) in [5.74, 6) is -3.28. The Morgan fingerprint density at radius 3 is 2.59 bits per heavy atom. The number of nitrogens with zero attached hydrogens (tertiary/aromatic N) is 1. The molecule has 0 aromatic heterocycles. The van der Waals surface area contributed by atoms with Gasteiger partial charge >= 0.3 is 5.97 Å². The van der Waals surface area contributed by atoms with E-state index in [-0.39, 0.29) is 17.5 Å². The van der Waals surface area contributed by atoms with Crippen molar-refractivity contribution in [2.24, 2.45) is 5.92 Å². The lowest BCUT2D eigenvalue weighted by molar-refractivity contribution is -0.141. The molecular formula is C16H17F2NO3. The number of hydrogen-bond acceptors (Lipinski definition) is 2. The molecule has 0 bridgehead atoms. The Kier molecular flexibility index (Phi) is 3.85. The van der Waals surface area contributed by atoms with Gasteiger partial charge in [0.15, 0.2) is 0 Å². The summed E-state index contributed by atoms with van der Waals surface area (Å²) in [5, 5.41) is 9.39. The number of rotatable bonds is 2. The second-order valence-corrected chi connectivity index (χ2v) is 6.04. The molecule has 2 aliphatic rings. The first-order valence-electron chi connectivity index (χ1n) is 7.49. The molecular weight excluding hydrogens is 292 g/mol. The summed E-state index contributed by atoms with van der Waals surface area (Å²) in [6.45, 7) is 0. The fourth-order valence-electron chi connectivity index (χ4n) is 3.77. The molecule has 0 spiro atoms. The van der Waals surface area contributed by atoms with Crippen LogP contribution in [0.4, 0.5) is 8.78 Å². The first-order valence-corrected chi connectivity index (χ1v) is 7.49. The lowest BCUT2D eigenvalue weighted by Crippen LogP contribution is -2.46. The molecule has 3 rings (SSSR count). The molecule has 1 heterocycles. The van der Waals surface area contributed by atoms with Gasteiger partial charge in [-0.1, -0.05) is 12.8 Å². The number of carboxylic acids is 1. The third-order valence-electron chi connectivity index (χ3n) is 4.77. The molecule has 6 heteroatoms. The van der Waals surface area contributed by atoms with Gasteiger partial charge in [0.1, 0.15) is 17.7 Å². The van der Waals surface area contributed by atoms with Crippen molar-refractivity contribution < 1.29 is 23.5 Å². The summed E-state index contributed by atoms with van der Waals surface area (Å²) >= 11 is 0. The summed E-state index contributed by atoms with van der Waals surface area (Å²) in [6.07, 6.45) is 4.01. The van der Waals surface area contributed by atoms with Crippen molar-refractivity contribution >= 4 is 11.9 Å². The molecule has 22 heavy (non-hydrogen) atoms. The zero-order valence-corrected chi connectivity index (χ0v) is 12.0. The van der Waals surface area contributed by atoms with E-state index in [0.29, 0.717) is 12.5 Å². The monoisotopic (exact) mass is 309 g/mol. The Bertz CT molecular complexity index is 619. The Morgan fingerprint density at radius 2 is 1.91 bits per heavy atom. The van der Waals surface area contributed by atoms with Gasteiger partial charge < -0.3 is 10.0 Å². The first-order chi connectivity index (χ1) is 10.5. The number of fused-ring (bicyclic) bond motifs is 1. The van der Waals surface area contributed by atoms with Crippen molar-refractivity contribution in [2.45, 2.75) is 44.2 Å². The third-order valence-corrected chi connectivity index (χ3v) is 4.77. The second-order valence-electron chi connectivity index (χ2n) is 6.04. The van der Waals surface area contributed by atoms with Gasteiger partial charge in [-0.25, -0.2) is 13.6 Å². The van der Waals surface area contributed by atoms with Crippen LogP contribution in [0.5, 0.6) is 0 Å². The van der Waals surface area contributed by atoms with Crippen molar-refractivity contribution in [1.29, 1.82) is 0 Å². The molecule has 1 aromatic carbocycles. The highest BCUT2D eigenvalue weighted by Crippen LogP contribution is 2.40. The number of carboxylic acid groups (broad SMARTS) is 1. The largest absolute Gasteiger partial charge is 0.480 e. The van der Waals surface area contributed by atoms with Crippen LogP contribution in [0.1, 0.15) is 42.5 Å². The standard InChI is InChI=1S/C16H17F2NO3/c17-10-5-6-11(12(18)8-10)15(20)19-13-4-2-1-3-9(13)7-14(19)16(21)22/h5-6,8-9,13-14H,1-4,7H2,(H,21,22)/t9-,13+,14-/m1/s1. The van der Waals surface area contributed by atoms with Crippen LogP contribution in [0.2, 0.25) is 0 Å². The van der Waals surface area contributed by atoms with Gasteiger partial charge in [0.25, 0.3) is 5.91 Å². The number of carbonyl (C=O) groups excluding carboxylic acids is 1. The fourth-order valence-corrected chi connectivity index (χ4v) is 3.77. The predicted molar refractivity (Wildman–Crippen MR) is 74.3 cm³/mol. The van der Waals surface area contributed by atoms with E-state index in [4.69, 9.17) is 0 Å². The summed E-state index contributed by atoms with van der Waals surface area (Å²) in [6, 6.07) is 1.66. The minimum atomic E-state index is -1.06. The zero-order chi connectivity index (χ0) is 15.9.